The third kappa shape index (κ3) is 7.57. The van der Waals surface area contributed by atoms with E-state index in [2.05, 4.69) is 46.3 Å². The van der Waals surface area contributed by atoms with E-state index < -0.39 is 11.7 Å². The lowest BCUT2D eigenvalue weighted by Crippen LogP contribution is -2.47. The van der Waals surface area contributed by atoms with Crippen molar-refractivity contribution in [3.8, 4) is 0 Å². The Balaban J connectivity index is 1.15. The van der Waals surface area contributed by atoms with Crippen LogP contribution in [0.3, 0.4) is 0 Å². The quantitative estimate of drug-likeness (QED) is 0.437. The maximum Gasteiger partial charge on any atom is 0.417 e. The molecule has 0 atom stereocenters. The molecule has 2 saturated heterocycles. The van der Waals surface area contributed by atoms with E-state index in [0.717, 1.165) is 63.7 Å². The fourth-order valence-corrected chi connectivity index (χ4v) is 5.72. The summed E-state index contributed by atoms with van der Waals surface area (Å²) >= 11 is 1.10. The molecule has 2 aliphatic rings. The van der Waals surface area contributed by atoms with E-state index in [-0.39, 0.29) is 16.8 Å². The minimum absolute atomic E-state index is 0.0649. The first-order chi connectivity index (χ1) is 17.7. The monoisotopic (exact) mass is 534 g/mol. The van der Waals surface area contributed by atoms with E-state index in [1.165, 1.54) is 23.4 Å². The van der Waals surface area contributed by atoms with Crippen LogP contribution in [-0.4, -0.2) is 73.8 Å². The van der Waals surface area contributed by atoms with Gasteiger partial charge in [-0.1, -0.05) is 17.7 Å². The van der Waals surface area contributed by atoms with E-state index >= 15 is 0 Å². The number of amides is 1. The first-order valence-electron chi connectivity index (χ1n) is 13.1. The predicted octanol–water partition coefficient (Wildman–Crippen LogP) is 5.74. The molecule has 0 spiro atoms. The van der Waals surface area contributed by atoms with Gasteiger partial charge in [0, 0.05) is 68.0 Å². The first-order valence-corrected chi connectivity index (χ1v) is 14.3. The van der Waals surface area contributed by atoms with E-state index in [4.69, 9.17) is 0 Å². The number of likely N-dealkylation sites (tertiary alicyclic amines) is 1. The molecule has 0 radical (unpaired) electrons. The molecule has 37 heavy (non-hydrogen) atoms. The molecule has 0 bridgehead atoms. The summed E-state index contributed by atoms with van der Waals surface area (Å²) in [6.07, 6.45) is 0.138. The summed E-state index contributed by atoms with van der Waals surface area (Å²) in [5.74, 6) is 0.181. The van der Waals surface area contributed by atoms with Crippen LogP contribution in [-0.2, 0) is 11.0 Å². The van der Waals surface area contributed by atoms with E-state index in [1.54, 1.807) is 12.3 Å². The van der Waals surface area contributed by atoms with Crippen LogP contribution >= 0.6 is 11.8 Å². The standard InChI is InChI=1S/C28H37F3N4OS/c1-21-5-8-24(9-6-21)34-18-16-33(17-19-34)13-3-4-27(36)35-14-11-22(12-15-35)32-23-7-10-26(37-2)25(20-23)28(29,30)31/h5-10,20,22,32H,3-4,11-19H2,1-2H3. The van der Waals surface area contributed by atoms with Crippen LogP contribution in [0.15, 0.2) is 47.4 Å². The van der Waals surface area contributed by atoms with Crippen molar-refractivity contribution in [1.29, 1.82) is 0 Å². The number of piperidine rings is 1. The number of hydrogen-bond donors (Lipinski definition) is 1. The number of carbonyl (C=O) groups is 1. The summed E-state index contributed by atoms with van der Waals surface area (Å²) in [5.41, 5.74) is 2.43. The van der Waals surface area contributed by atoms with Gasteiger partial charge in [-0.3, -0.25) is 9.69 Å². The average Bonchev–Trinajstić information content (AvgIpc) is 2.89. The van der Waals surface area contributed by atoms with Gasteiger partial charge < -0.3 is 15.1 Å². The van der Waals surface area contributed by atoms with Gasteiger partial charge in [0.2, 0.25) is 5.91 Å². The van der Waals surface area contributed by atoms with Crippen LogP contribution in [0.5, 0.6) is 0 Å². The second-order valence-electron chi connectivity index (χ2n) is 9.98. The van der Waals surface area contributed by atoms with Crippen LogP contribution in [0.1, 0.15) is 36.8 Å². The summed E-state index contributed by atoms with van der Waals surface area (Å²) in [5, 5.41) is 3.25. The van der Waals surface area contributed by atoms with Crippen molar-refractivity contribution in [2.45, 2.75) is 49.7 Å². The highest BCUT2D eigenvalue weighted by molar-refractivity contribution is 7.98. The zero-order valence-corrected chi connectivity index (χ0v) is 22.5. The average molecular weight is 535 g/mol. The molecular formula is C28H37F3N4OS. The van der Waals surface area contributed by atoms with Gasteiger partial charge in [0.05, 0.1) is 5.56 Å². The van der Waals surface area contributed by atoms with E-state index in [9.17, 15) is 18.0 Å². The highest BCUT2D eigenvalue weighted by atomic mass is 32.2. The van der Waals surface area contributed by atoms with Gasteiger partial charge in [-0.15, -0.1) is 11.8 Å². The second-order valence-corrected chi connectivity index (χ2v) is 10.8. The molecule has 2 aliphatic heterocycles. The van der Waals surface area contributed by atoms with Gasteiger partial charge in [-0.05, 0) is 69.3 Å². The molecule has 4 rings (SSSR count). The van der Waals surface area contributed by atoms with Crippen molar-refractivity contribution in [3.63, 3.8) is 0 Å². The number of anilines is 2. The van der Waals surface area contributed by atoms with Crippen LogP contribution in [0.25, 0.3) is 0 Å². The van der Waals surface area contributed by atoms with Gasteiger partial charge in [-0.25, -0.2) is 0 Å². The number of rotatable bonds is 8. The van der Waals surface area contributed by atoms with Crippen molar-refractivity contribution in [2.75, 3.05) is 62.3 Å². The number of alkyl halides is 3. The molecule has 1 N–H and O–H groups in total. The zero-order chi connectivity index (χ0) is 26.4. The largest absolute Gasteiger partial charge is 0.417 e. The Morgan fingerprint density at radius 1 is 1.00 bits per heavy atom. The number of carbonyl (C=O) groups excluding carboxylic acids is 1. The maximum absolute atomic E-state index is 13.4. The van der Waals surface area contributed by atoms with Crippen molar-refractivity contribution in [2.24, 2.45) is 0 Å². The Hall–Kier alpha value is -2.39. The van der Waals surface area contributed by atoms with E-state index in [0.29, 0.717) is 25.2 Å². The van der Waals surface area contributed by atoms with Gasteiger partial charge in [0.1, 0.15) is 0 Å². The van der Waals surface area contributed by atoms with Crippen LogP contribution in [0.2, 0.25) is 0 Å². The molecule has 202 valence electrons. The van der Waals surface area contributed by atoms with Gasteiger partial charge in [0.25, 0.3) is 0 Å². The van der Waals surface area contributed by atoms with Crippen molar-refractivity contribution in [3.05, 3.63) is 53.6 Å². The molecule has 9 heteroatoms. The number of thioether (sulfide) groups is 1. The van der Waals surface area contributed by atoms with Gasteiger partial charge in [0.15, 0.2) is 0 Å². The molecule has 2 aromatic rings. The van der Waals surface area contributed by atoms with Crippen LogP contribution < -0.4 is 10.2 Å². The number of benzene rings is 2. The Morgan fingerprint density at radius 3 is 2.30 bits per heavy atom. The summed E-state index contributed by atoms with van der Waals surface area (Å²) < 4.78 is 40.1. The SMILES string of the molecule is CSc1ccc(NC2CCN(C(=O)CCCN3CCN(c4ccc(C)cc4)CC3)CC2)cc1C(F)(F)F. The lowest BCUT2D eigenvalue weighted by atomic mass is 10.0. The Bertz CT molecular complexity index is 1030. The van der Waals surface area contributed by atoms with Gasteiger partial charge >= 0.3 is 6.18 Å². The summed E-state index contributed by atoms with van der Waals surface area (Å²) in [7, 11) is 0. The lowest BCUT2D eigenvalue weighted by Gasteiger charge is -2.36. The van der Waals surface area contributed by atoms with Crippen molar-refractivity contribution in [1.82, 2.24) is 9.80 Å². The highest BCUT2D eigenvalue weighted by Gasteiger charge is 2.34. The Kier molecular flexibility index (Phi) is 9.29. The fourth-order valence-electron chi connectivity index (χ4n) is 5.13. The molecule has 2 aromatic carbocycles. The van der Waals surface area contributed by atoms with Crippen LogP contribution in [0.4, 0.5) is 24.5 Å². The van der Waals surface area contributed by atoms with Crippen LogP contribution in [0, 0.1) is 6.92 Å². The molecule has 1 amide bonds. The first kappa shape index (κ1) is 27.6. The van der Waals surface area contributed by atoms with E-state index in [1.807, 2.05) is 4.90 Å². The smallest absolute Gasteiger partial charge is 0.382 e. The van der Waals surface area contributed by atoms with Gasteiger partial charge in [-0.2, -0.15) is 13.2 Å². The number of nitrogens with one attached hydrogen (secondary N) is 1. The number of piperazine rings is 1. The summed E-state index contributed by atoms with van der Waals surface area (Å²) in [6, 6.07) is 13.2. The minimum atomic E-state index is -4.37. The Labute approximate surface area is 222 Å². The van der Waals surface area contributed by atoms with Crippen molar-refractivity contribution >= 4 is 29.0 Å². The zero-order valence-electron chi connectivity index (χ0n) is 21.7. The molecule has 0 aromatic heterocycles. The highest BCUT2D eigenvalue weighted by Crippen LogP contribution is 2.37. The molecule has 0 aliphatic carbocycles. The normalized spacial score (nSPS) is 17.8. The predicted molar refractivity (Wildman–Crippen MR) is 146 cm³/mol. The molecular weight excluding hydrogens is 497 g/mol. The van der Waals surface area contributed by atoms with Crippen molar-refractivity contribution < 1.29 is 18.0 Å². The summed E-state index contributed by atoms with van der Waals surface area (Å²) in [6.45, 7) is 8.33. The number of hydrogen-bond acceptors (Lipinski definition) is 5. The molecule has 0 unspecified atom stereocenters. The number of aryl methyl sites for hydroxylation is 1. The number of nitrogens with zero attached hydrogens (tertiary/aromatic N) is 3. The maximum atomic E-state index is 13.4. The topological polar surface area (TPSA) is 38.8 Å². The lowest BCUT2D eigenvalue weighted by molar-refractivity contribution is -0.139. The third-order valence-corrected chi connectivity index (χ3v) is 8.16. The molecule has 2 heterocycles. The fraction of sp³-hybridized carbons (Fsp3) is 0.536. The molecule has 5 nitrogen and oxygen atoms in total. The molecule has 2 fully saturated rings. The second kappa shape index (κ2) is 12.4. The Morgan fingerprint density at radius 2 is 1.68 bits per heavy atom. The number of halogens is 3. The summed E-state index contributed by atoms with van der Waals surface area (Å²) in [4.78, 5) is 19.7. The third-order valence-electron chi connectivity index (χ3n) is 7.36. The molecule has 0 saturated carbocycles. The minimum Gasteiger partial charge on any atom is -0.382 e.